The fourth-order valence-corrected chi connectivity index (χ4v) is 12.1. The first-order valence-corrected chi connectivity index (χ1v) is 29.7. The second-order valence-corrected chi connectivity index (χ2v) is 28.8. The van der Waals surface area contributed by atoms with Crippen molar-refractivity contribution in [3.8, 4) is 50.7 Å². The number of pyridine rings is 1. The van der Waals surface area contributed by atoms with E-state index < -0.39 is 17.7 Å². The predicted molar refractivity (Wildman–Crippen MR) is 355 cm³/mol. The maximum Gasteiger partial charge on any atom is 2.00 e. The van der Waals surface area contributed by atoms with Gasteiger partial charge in [-0.25, -0.2) is 4.98 Å². The molecule has 0 fully saturated rings. The molecule has 12 rings (SSSR count). The van der Waals surface area contributed by atoms with Gasteiger partial charge >= 0.3 is 27.1 Å². The van der Waals surface area contributed by atoms with Crippen LogP contribution in [-0.4, -0.2) is 15.6 Å². The molecule has 5 nitrogen and oxygen atoms in total. The number of fused-ring (bicyclic) bond motifs is 5. The zero-order valence-corrected chi connectivity index (χ0v) is 54.6. The van der Waals surface area contributed by atoms with E-state index in [1.807, 2.05) is 34.9 Å². The Morgan fingerprint density at radius 1 is 0.553 bits per heavy atom. The molecule has 0 spiro atoms. The van der Waals surface area contributed by atoms with Gasteiger partial charge in [-0.1, -0.05) is 224 Å². The second-order valence-electron chi connectivity index (χ2n) is 28.8. The average molecular weight is 1300 g/mol. The number of ether oxygens (including phenoxy) is 1. The number of nitrogens with zero attached hydrogens (tertiary/aromatic N) is 4. The SMILES string of the molecule is [2H]c1c([2H])c2c(c([2H])c1-c1cnc(-n3c4[c-]c(Oc5[c-]c([N+]6=C=[N+](c7c(-c8ccc(C(C)(C)C)cc8)cc(C(C)(C)C)cc7-c7cccc(C(C)(C)C)c7)c7ccccc76)ccc5)ccc4c4cc(C(C)(C)C)ccc43)cc1C([2H])([2H])[2H])C(C)(C)CCC2(C)C.[Pt+2]. The summed E-state index contributed by atoms with van der Waals surface area (Å²) in [7, 11) is 0. The van der Waals surface area contributed by atoms with Crippen LogP contribution in [0.3, 0.4) is 0 Å². The van der Waals surface area contributed by atoms with E-state index in [0.29, 0.717) is 39.6 Å². The molecular formula is C79H82N4OPt+2. The molecular weight excluding hydrogens is 1220 g/mol. The Balaban J connectivity index is 0.00000850. The molecule has 0 saturated carbocycles. The van der Waals surface area contributed by atoms with Gasteiger partial charge in [0.15, 0.2) is 0 Å². The molecule has 1 aliphatic heterocycles. The third-order valence-corrected chi connectivity index (χ3v) is 17.5. The topological polar surface area (TPSA) is 33.1 Å². The minimum atomic E-state index is -2.69. The van der Waals surface area contributed by atoms with Gasteiger partial charge in [0.2, 0.25) is 5.69 Å². The second kappa shape index (κ2) is 21.2. The summed E-state index contributed by atoms with van der Waals surface area (Å²) < 4.78 is 68.7. The zero-order valence-electron chi connectivity index (χ0n) is 58.3. The molecule has 0 saturated heterocycles. The molecule has 2 aromatic heterocycles. The van der Waals surface area contributed by atoms with Gasteiger partial charge < -0.3 is 9.30 Å². The van der Waals surface area contributed by atoms with Crippen LogP contribution in [0, 0.1) is 19.0 Å². The van der Waals surface area contributed by atoms with E-state index in [9.17, 15) is 4.11 Å². The monoisotopic (exact) mass is 1300 g/mol. The van der Waals surface area contributed by atoms with Gasteiger partial charge in [-0.2, -0.15) is 12.1 Å². The van der Waals surface area contributed by atoms with Crippen molar-refractivity contribution < 1.29 is 34.0 Å². The fourth-order valence-electron chi connectivity index (χ4n) is 12.1. The van der Waals surface area contributed by atoms with E-state index in [1.165, 1.54) is 22.9 Å². The molecule has 0 amide bonds. The normalized spacial score (nSPS) is 16.0. The molecule has 0 bridgehead atoms. The minimum Gasteiger partial charge on any atom is -0.509 e. The van der Waals surface area contributed by atoms with Crippen molar-refractivity contribution in [2.24, 2.45) is 0 Å². The van der Waals surface area contributed by atoms with Crippen LogP contribution in [0.25, 0.3) is 61.0 Å². The molecule has 3 heterocycles. The van der Waals surface area contributed by atoms with Crippen molar-refractivity contribution in [1.82, 2.24) is 18.7 Å². The smallest absolute Gasteiger partial charge is 0.509 e. The predicted octanol–water partition coefficient (Wildman–Crippen LogP) is 21.3. The summed E-state index contributed by atoms with van der Waals surface area (Å²) in [6, 6.07) is 59.9. The van der Waals surface area contributed by atoms with Crippen LogP contribution in [0.4, 0.5) is 22.7 Å². The van der Waals surface area contributed by atoms with Gasteiger partial charge in [-0.3, -0.25) is 0 Å². The van der Waals surface area contributed by atoms with Crippen molar-refractivity contribution in [2.75, 3.05) is 0 Å². The van der Waals surface area contributed by atoms with Crippen molar-refractivity contribution in [3.63, 3.8) is 0 Å². The molecule has 2 aliphatic rings. The number of hydrogen-bond acceptors (Lipinski definition) is 2. The first kappa shape index (κ1) is 52.0. The quantitative estimate of drug-likeness (QED) is 0.112. The Hall–Kier alpha value is -7.42. The zero-order chi connectivity index (χ0) is 64.7. The molecule has 432 valence electrons. The van der Waals surface area contributed by atoms with E-state index >= 15 is 0 Å². The number of aryl methyl sites for hydroxylation is 1. The van der Waals surface area contributed by atoms with Crippen LogP contribution < -0.4 is 13.9 Å². The van der Waals surface area contributed by atoms with Crippen LogP contribution in [0.1, 0.15) is 171 Å². The number of hydrogen-bond donors (Lipinski definition) is 0. The molecule has 10 aromatic rings. The van der Waals surface area contributed by atoms with Crippen molar-refractivity contribution in [3.05, 3.63) is 215 Å². The van der Waals surface area contributed by atoms with Gasteiger partial charge in [-0.05, 0) is 142 Å². The number of para-hydroxylation sites is 2. The molecule has 1 aliphatic carbocycles. The van der Waals surface area contributed by atoms with E-state index in [4.69, 9.17) is 13.8 Å². The largest absolute Gasteiger partial charge is 2.00 e. The number of rotatable bonds is 8. The van der Waals surface area contributed by atoms with Crippen LogP contribution in [0.5, 0.6) is 11.5 Å². The average Bonchev–Trinajstić information content (AvgIpc) is 1.32. The fraction of sp³-hybridized carbons (Fsp3) is 0.316. The van der Waals surface area contributed by atoms with Gasteiger partial charge in [-0.15, -0.1) is 23.6 Å². The third-order valence-electron chi connectivity index (χ3n) is 17.5. The maximum atomic E-state index is 9.76. The molecule has 0 unspecified atom stereocenters. The van der Waals surface area contributed by atoms with Crippen molar-refractivity contribution in [2.45, 2.75) is 163 Å². The first-order valence-electron chi connectivity index (χ1n) is 32.7. The minimum absolute atomic E-state index is 0. The summed E-state index contributed by atoms with van der Waals surface area (Å²) in [5.41, 5.74) is 14.5. The van der Waals surface area contributed by atoms with Crippen LogP contribution >= 0.6 is 0 Å². The van der Waals surface area contributed by atoms with E-state index in [1.54, 1.807) is 6.07 Å². The van der Waals surface area contributed by atoms with Crippen molar-refractivity contribution in [1.29, 1.82) is 0 Å². The number of aromatic nitrogens is 2. The maximum absolute atomic E-state index is 9.76. The Kier molecular flexibility index (Phi) is 13.0. The molecule has 8 aromatic carbocycles. The Morgan fingerprint density at radius 3 is 1.84 bits per heavy atom. The standard InChI is InChI=1S/C79H82N4O.Pt/c1-50-40-72(80-48-65(50)53-30-36-66-67(42-53)79(16,17)39-38-78(66,14)15)83-68-37-33-56(76(8,9)10)43-64(68)61-35-34-60(47-71(61)83)84-59-25-21-24-58(46-59)81-49-82(70-27-19-18-26-69(70)81)73-62(51-28-31-54(32-29-51)74(2,3)4)44-57(77(11,12)13)45-63(73)52-22-20-23-55(41-52)75(5,6)7;/h18-37,40-45,48H,38-39H2,1-17H3;/q;+2/i1D3,30D,36D,42D;. The molecule has 6 heteroatoms. The summed E-state index contributed by atoms with van der Waals surface area (Å²) in [4.78, 5) is 5.03. The molecule has 85 heavy (non-hydrogen) atoms. The van der Waals surface area contributed by atoms with E-state index in [2.05, 4.69) is 241 Å². The number of benzene rings is 8. The van der Waals surface area contributed by atoms with Gasteiger partial charge in [0.25, 0.3) is 11.4 Å². The Labute approximate surface area is 528 Å². The van der Waals surface area contributed by atoms with Crippen LogP contribution in [0.2, 0.25) is 0 Å². The van der Waals surface area contributed by atoms with Gasteiger partial charge in [0.05, 0.1) is 15.2 Å². The van der Waals surface area contributed by atoms with Crippen LogP contribution in [0.15, 0.2) is 164 Å². The Bertz CT molecular complexity index is 4670. The van der Waals surface area contributed by atoms with Crippen molar-refractivity contribution >= 4 is 50.6 Å². The summed E-state index contributed by atoms with van der Waals surface area (Å²) in [6.45, 7) is 32.5. The van der Waals surface area contributed by atoms with E-state index in [-0.39, 0.29) is 77.5 Å². The molecule has 0 atom stereocenters. The molecule has 0 radical (unpaired) electrons. The third kappa shape index (κ3) is 11.0. The summed E-state index contributed by atoms with van der Waals surface area (Å²) in [6.07, 6.45) is 3.08. The summed E-state index contributed by atoms with van der Waals surface area (Å²) in [5.74, 6) is 1.18. The summed E-state index contributed by atoms with van der Waals surface area (Å²) >= 11 is 0. The first-order chi connectivity index (χ1) is 42.0. The van der Waals surface area contributed by atoms with Crippen LogP contribution in [-0.2, 0) is 53.6 Å². The Morgan fingerprint density at radius 2 is 1.16 bits per heavy atom. The van der Waals surface area contributed by atoms with Gasteiger partial charge in [0, 0.05) is 45.0 Å². The van der Waals surface area contributed by atoms with E-state index in [0.717, 1.165) is 74.0 Å². The molecule has 0 N–H and O–H groups in total. The summed E-state index contributed by atoms with van der Waals surface area (Å²) in [5, 5.41) is 1.80. The van der Waals surface area contributed by atoms with Gasteiger partial charge in [0.1, 0.15) is 11.5 Å².